The van der Waals surface area contributed by atoms with Crippen LogP contribution in [0, 0.1) is 5.92 Å². The first-order chi connectivity index (χ1) is 15.0. The second-order valence-electron chi connectivity index (χ2n) is 7.95. The first-order valence-corrected chi connectivity index (χ1v) is 10.9. The van der Waals surface area contributed by atoms with E-state index in [0.717, 1.165) is 12.0 Å². The third kappa shape index (κ3) is 5.00. The summed E-state index contributed by atoms with van der Waals surface area (Å²) in [5.41, 5.74) is 3.55. The van der Waals surface area contributed by atoms with Crippen LogP contribution in [0.1, 0.15) is 40.7 Å². The monoisotopic (exact) mass is 436 g/mol. The quantitative estimate of drug-likeness (QED) is 0.584. The van der Waals surface area contributed by atoms with Crippen LogP contribution >= 0.6 is 11.6 Å². The highest BCUT2D eigenvalue weighted by molar-refractivity contribution is 6.30. The van der Waals surface area contributed by atoms with Crippen LogP contribution in [-0.4, -0.2) is 29.8 Å². The van der Waals surface area contributed by atoms with Gasteiger partial charge in [0.05, 0.1) is 17.7 Å². The van der Waals surface area contributed by atoms with Gasteiger partial charge >= 0.3 is 0 Å². The number of hydrogen-bond acceptors (Lipinski definition) is 3. The van der Waals surface area contributed by atoms with Crippen LogP contribution in [0.25, 0.3) is 0 Å². The summed E-state index contributed by atoms with van der Waals surface area (Å²) in [6, 6.07) is 17.2. The van der Waals surface area contributed by atoms with E-state index in [-0.39, 0.29) is 23.7 Å². The lowest BCUT2D eigenvalue weighted by Crippen LogP contribution is -2.46. The Morgan fingerprint density at radius 2 is 1.94 bits per heavy atom. The van der Waals surface area contributed by atoms with Gasteiger partial charge in [0, 0.05) is 29.7 Å². The third-order valence-electron chi connectivity index (χ3n) is 5.83. The minimum atomic E-state index is -0.334. The van der Waals surface area contributed by atoms with Gasteiger partial charge in [-0.25, -0.2) is 0 Å². The molecule has 1 aliphatic rings. The Labute approximate surface area is 187 Å². The number of aryl methyl sites for hydroxylation is 1. The third-order valence-corrected chi connectivity index (χ3v) is 6.06. The van der Waals surface area contributed by atoms with Gasteiger partial charge in [0.2, 0.25) is 5.91 Å². The topological polar surface area (TPSA) is 62.6 Å². The highest BCUT2D eigenvalue weighted by Crippen LogP contribution is 2.32. The maximum atomic E-state index is 13.1. The largest absolute Gasteiger partial charge is 0.472 e. The molecule has 2 heterocycles. The van der Waals surface area contributed by atoms with E-state index in [1.165, 1.54) is 18.1 Å². The van der Waals surface area contributed by atoms with Gasteiger partial charge in [-0.15, -0.1) is 0 Å². The molecule has 0 aliphatic carbocycles. The Morgan fingerprint density at radius 3 is 2.61 bits per heavy atom. The van der Waals surface area contributed by atoms with E-state index in [1.807, 2.05) is 6.07 Å². The van der Waals surface area contributed by atoms with Crippen molar-refractivity contribution in [2.24, 2.45) is 5.92 Å². The van der Waals surface area contributed by atoms with Crippen molar-refractivity contribution >= 4 is 29.1 Å². The van der Waals surface area contributed by atoms with Gasteiger partial charge in [0.15, 0.2) is 0 Å². The molecule has 0 bridgehead atoms. The van der Waals surface area contributed by atoms with Crippen molar-refractivity contribution in [3.63, 3.8) is 0 Å². The number of likely N-dealkylation sites (tertiary alicyclic amines) is 1. The average molecular weight is 437 g/mol. The second kappa shape index (κ2) is 9.40. The van der Waals surface area contributed by atoms with E-state index in [9.17, 15) is 9.59 Å². The molecule has 0 radical (unpaired) electrons. The number of carbonyl (C=O) groups is 2. The van der Waals surface area contributed by atoms with Crippen molar-refractivity contribution in [2.45, 2.75) is 25.7 Å². The summed E-state index contributed by atoms with van der Waals surface area (Å²) in [5, 5.41) is 3.52. The van der Waals surface area contributed by atoms with Crippen LogP contribution in [-0.2, 0) is 11.2 Å². The Kier molecular flexibility index (Phi) is 6.42. The number of benzene rings is 2. The van der Waals surface area contributed by atoms with Gasteiger partial charge in [-0.3, -0.25) is 9.59 Å². The van der Waals surface area contributed by atoms with Crippen LogP contribution in [0.2, 0.25) is 5.02 Å². The molecule has 1 saturated heterocycles. The first kappa shape index (κ1) is 21.2. The van der Waals surface area contributed by atoms with E-state index < -0.39 is 0 Å². The summed E-state index contributed by atoms with van der Waals surface area (Å²) < 4.78 is 5.09. The lowest BCUT2D eigenvalue weighted by Gasteiger charge is -2.37. The van der Waals surface area contributed by atoms with Crippen molar-refractivity contribution < 1.29 is 14.0 Å². The lowest BCUT2D eigenvalue weighted by molar-refractivity contribution is -0.121. The van der Waals surface area contributed by atoms with Crippen LogP contribution in [0.3, 0.4) is 0 Å². The van der Waals surface area contributed by atoms with E-state index in [0.29, 0.717) is 35.8 Å². The number of carbonyl (C=O) groups excluding carboxylic acids is 2. The molecule has 1 aromatic heterocycles. The van der Waals surface area contributed by atoms with Gasteiger partial charge < -0.3 is 14.6 Å². The molecule has 1 N–H and O–H groups in total. The zero-order chi connectivity index (χ0) is 21.8. The SMILES string of the molecule is CCc1ccc(C2CC(C(=O)Nc3cccc(Cl)c3)CN(C(=O)c3ccoc3)C2)cc1. The highest BCUT2D eigenvalue weighted by atomic mass is 35.5. The molecule has 2 atom stereocenters. The predicted molar refractivity (Wildman–Crippen MR) is 121 cm³/mol. The van der Waals surface area contributed by atoms with Crippen molar-refractivity contribution in [1.82, 2.24) is 4.90 Å². The highest BCUT2D eigenvalue weighted by Gasteiger charge is 2.35. The lowest BCUT2D eigenvalue weighted by atomic mass is 9.83. The zero-order valence-corrected chi connectivity index (χ0v) is 18.1. The number of hydrogen-bond donors (Lipinski definition) is 1. The van der Waals surface area contributed by atoms with E-state index in [1.54, 1.807) is 29.2 Å². The smallest absolute Gasteiger partial charge is 0.257 e. The molecular weight excluding hydrogens is 412 g/mol. The van der Waals surface area contributed by atoms with Crippen molar-refractivity contribution in [1.29, 1.82) is 0 Å². The number of furan rings is 1. The molecule has 31 heavy (non-hydrogen) atoms. The number of nitrogens with one attached hydrogen (secondary N) is 1. The van der Waals surface area contributed by atoms with Crippen molar-refractivity contribution in [2.75, 3.05) is 18.4 Å². The van der Waals surface area contributed by atoms with Crippen LogP contribution in [0.15, 0.2) is 71.5 Å². The average Bonchev–Trinajstić information content (AvgIpc) is 3.33. The number of amides is 2. The maximum absolute atomic E-state index is 13.1. The predicted octanol–water partition coefficient (Wildman–Crippen LogP) is 5.38. The number of piperidine rings is 1. The van der Waals surface area contributed by atoms with Crippen molar-refractivity contribution in [3.8, 4) is 0 Å². The fourth-order valence-corrected chi connectivity index (χ4v) is 4.29. The molecule has 2 aromatic carbocycles. The molecule has 160 valence electrons. The molecule has 0 spiro atoms. The standard InChI is InChI=1S/C25H25ClN2O3/c1-2-17-6-8-18(9-7-17)20-12-21(24(29)27-23-5-3-4-22(26)13-23)15-28(14-20)25(30)19-10-11-31-16-19/h3-11,13,16,20-21H,2,12,14-15H2,1H3,(H,27,29). The summed E-state index contributed by atoms with van der Waals surface area (Å²) in [4.78, 5) is 27.9. The number of anilines is 1. The molecule has 6 heteroatoms. The molecule has 0 saturated carbocycles. The van der Waals surface area contributed by atoms with Gasteiger partial charge in [-0.2, -0.15) is 0 Å². The summed E-state index contributed by atoms with van der Waals surface area (Å²) in [6.45, 7) is 3.05. The molecule has 1 fully saturated rings. The van der Waals surface area contributed by atoms with Gasteiger partial charge in [0.1, 0.15) is 6.26 Å². The molecular formula is C25H25ClN2O3. The summed E-state index contributed by atoms with van der Waals surface area (Å²) in [6.07, 6.45) is 4.58. The van der Waals surface area contributed by atoms with Crippen LogP contribution in [0.5, 0.6) is 0 Å². The number of halogens is 1. The number of nitrogens with zero attached hydrogens (tertiary/aromatic N) is 1. The zero-order valence-electron chi connectivity index (χ0n) is 17.4. The van der Waals surface area contributed by atoms with Crippen molar-refractivity contribution in [3.05, 3.63) is 88.8 Å². The maximum Gasteiger partial charge on any atom is 0.257 e. The normalized spacial score (nSPS) is 18.6. The van der Waals surface area contributed by atoms with Crippen LogP contribution in [0.4, 0.5) is 5.69 Å². The first-order valence-electron chi connectivity index (χ1n) is 10.5. The molecule has 5 nitrogen and oxygen atoms in total. The van der Waals surface area contributed by atoms with Crippen LogP contribution < -0.4 is 5.32 Å². The molecule has 3 aromatic rings. The minimum Gasteiger partial charge on any atom is -0.472 e. The fourth-order valence-electron chi connectivity index (χ4n) is 4.10. The van der Waals surface area contributed by atoms with Gasteiger partial charge in [-0.1, -0.05) is 48.9 Å². The van der Waals surface area contributed by atoms with E-state index in [2.05, 4.69) is 36.5 Å². The van der Waals surface area contributed by atoms with E-state index in [4.69, 9.17) is 16.0 Å². The summed E-state index contributed by atoms with van der Waals surface area (Å²) in [7, 11) is 0. The van der Waals surface area contributed by atoms with E-state index >= 15 is 0 Å². The summed E-state index contributed by atoms with van der Waals surface area (Å²) in [5.74, 6) is -0.489. The Hall–Kier alpha value is -3.05. The fraction of sp³-hybridized carbons (Fsp3) is 0.280. The molecule has 2 unspecified atom stereocenters. The summed E-state index contributed by atoms with van der Waals surface area (Å²) >= 11 is 6.05. The van der Waals surface area contributed by atoms with Gasteiger partial charge in [0.25, 0.3) is 5.91 Å². The molecule has 2 amide bonds. The molecule has 1 aliphatic heterocycles. The molecule has 4 rings (SSSR count). The Balaban J connectivity index is 1.57. The van der Waals surface area contributed by atoms with Gasteiger partial charge in [-0.05, 0) is 48.2 Å². The Bertz CT molecular complexity index is 1050. The number of rotatable bonds is 5. The minimum absolute atomic E-state index is 0.0746. The Morgan fingerprint density at radius 1 is 1.13 bits per heavy atom. The second-order valence-corrected chi connectivity index (χ2v) is 8.38.